The Morgan fingerprint density at radius 3 is 2.85 bits per heavy atom. The van der Waals surface area contributed by atoms with Gasteiger partial charge in [-0.25, -0.2) is 9.97 Å². The first-order valence-corrected chi connectivity index (χ1v) is 7.22. The summed E-state index contributed by atoms with van der Waals surface area (Å²) in [6, 6.07) is 0. The molecule has 1 unspecified atom stereocenters. The maximum atomic E-state index is 9.52. The Kier molecular flexibility index (Phi) is 4.64. The van der Waals surface area contributed by atoms with E-state index in [1.165, 1.54) is 0 Å². The molecule has 108 valence electrons. The molecule has 0 saturated carbocycles. The number of hydrogen-bond acceptors (Lipinski definition) is 6. The summed E-state index contributed by atoms with van der Waals surface area (Å²) < 4.78 is 2.05. The fourth-order valence-corrected chi connectivity index (χ4v) is 2.96. The van der Waals surface area contributed by atoms with Gasteiger partial charge in [0.15, 0.2) is 12.2 Å². The SMILES string of the molecule is Cc1ncc(C[n+]2csc(CC(O)CO)c2C)c(N)n1. The molecule has 0 saturated heterocycles. The normalized spacial score (nSPS) is 12.6. The highest BCUT2D eigenvalue weighted by molar-refractivity contribution is 7.09. The quantitative estimate of drug-likeness (QED) is 0.673. The summed E-state index contributed by atoms with van der Waals surface area (Å²) >= 11 is 1.56. The third kappa shape index (κ3) is 3.30. The number of aryl methyl sites for hydroxylation is 1. The molecular formula is C13H19N4O2S+. The molecule has 2 heterocycles. The lowest BCUT2D eigenvalue weighted by molar-refractivity contribution is -0.689. The van der Waals surface area contributed by atoms with Crippen molar-refractivity contribution in [3.8, 4) is 0 Å². The second-order valence-corrected chi connectivity index (χ2v) is 5.67. The number of aliphatic hydroxyl groups is 2. The molecule has 0 fully saturated rings. The standard InChI is InChI=1S/C13H19N4O2S/c1-8-12(3-11(19)6-18)20-7-17(8)5-10-4-15-9(2)16-13(10)14/h4,7,11,18-19H,3,5-6H2,1-2H3,(H2,14,15,16)/q+1. The molecule has 2 aromatic heterocycles. The molecule has 0 amide bonds. The van der Waals surface area contributed by atoms with Crippen LogP contribution in [0, 0.1) is 13.8 Å². The van der Waals surface area contributed by atoms with Crippen molar-refractivity contribution >= 4 is 17.2 Å². The van der Waals surface area contributed by atoms with Gasteiger partial charge in [-0.3, -0.25) is 0 Å². The number of rotatable bonds is 5. The minimum absolute atomic E-state index is 0.226. The van der Waals surface area contributed by atoms with Crippen LogP contribution in [0.2, 0.25) is 0 Å². The van der Waals surface area contributed by atoms with E-state index in [0.717, 1.165) is 16.1 Å². The molecule has 0 aliphatic rings. The van der Waals surface area contributed by atoms with E-state index in [4.69, 9.17) is 10.8 Å². The minimum Gasteiger partial charge on any atom is -0.394 e. The Hall–Kier alpha value is -1.57. The molecule has 2 rings (SSSR count). The maximum Gasteiger partial charge on any atom is 0.225 e. The molecule has 4 N–H and O–H groups in total. The van der Waals surface area contributed by atoms with E-state index >= 15 is 0 Å². The van der Waals surface area contributed by atoms with Gasteiger partial charge in [0.05, 0.1) is 23.2 Å². The van der Waals surface area contributed by atoms with Gasteiger partial charge in [-0.05, 0) is 6.92 Å². The van der Waals surface area contributed by atoms with E-state index in [9.17, 15) is 5.11 Å². The molecule has 0 aliphatic carbocycles. The van der Waals surface area contributed by atoms with Gasteiger partial charge in [0.1, 0.15) is 11.6 Å². The Labute approximate surface area is 121 Å². The van der Waals surface area contributed by atoms with Crippen LogP contribution in [0.5, 0.6) is 0 Å². The molecule has 2 aromatic rings. The summed E-state index contributed by atoms with van der Waals surface area (Å²) in [7, 11) is 0. The van der Waals surface area contributed by atoms with Crippen LogP contribution in [0.4, 0.5) is 5.82 Å². The molecule has 6 nitrogen and oxygen atoms in total. The fraction of sp³-hybridized carbons (Fsp3) is 0.462. The van der Waals surface area contributed by atoms with Gasteiger partial charge in [-0.15, -0.1) is 0 Å². The van der Waals surface area contributed by atoms with Crippen LogP contribution in [0.1, 0.15) is 22.0 Å². The van der Waals surface area contributed by atoms with Crippen molar-refractivity contribution in [3.63, 3.8) is 0 Å². The lowest BCUT2D eigenvalue weighted by atomic mass is 10.2. The second-order valence-electron chi connectivity index (χ2n) is 4.73. The first-order valence-electron chi connectivity index (χ1n) is 6.34. The molecule has 0 spiro atoms. The van der Waals surface area contributed by atoms with Crippen molar-refractivity contribution in [2.24, 2.45) is 0 Å². The average molecular weight is 295 g/mol. The number of anilines is 1. The highest BCUT2D eigenvalue weighted by Gasteiger charge is 2.19. The molecule has 1 atom stereocenters. The molecule has 0 bridgehead atoms. The predicted octanol–water partition coefficient (Wildman–Crippen LogP) is -0.0314. The summed E-state index contributed by atoms with van der Waals surface area (Å²) in [4.78, 5) is 9.37. The van der Waals surface area contributed by atoms with Gasteiger partial charge in [-0.1, -0.05) is 11.3 Å². The number of nitrogens with zero attached hydrogens (tertiary/aromatic N) is 3. The summed E-state index contributed by atoms with van der Waals surface area (Å²) in [6.45, 7) is 4.17. The molecule has 7 heteroatoms. The van der Waals surface area contributed by atoms with Gasteiger partial charge in [0, 0.05) is 19.5 Å². The van der Waals surface area contributed by atoms with Crippen molar-refractivity contribution in [1.82, 2.24) is 9.97 Å². The first kappa shape index (κ1) is 14.8. The summed E-state index contributed by atoms with van der Waals surface area (Å²) in [5.74, 6) is 1.15. The van der Waals surface area contributed by atoms with Crippen LogP contribution in [-0.4, -0.2) is 32.9 Å². The molecule has 0 aliphatic heterocycles. The Bertz CT molecular complexity index is 600. The third-order valence-electron chi connectivity index (χ3n) is 3.15. The van der Waals surface area contributed by atoms with Gasteiger partial charge in [0.25, 0.3) is 0 Å². The number of aromatic nitrogens is 3. The van der Waals surface area contributed by atoms with E-state index in [2.05, 4.69) is 14.5 Å². The van der Waals surface area contributed by atoms with Crippen molar-refractivity contribution in [2.45, 2.75) is 32.9 Å². The lowest BCUT2D eigenvalue weighted by Gasteiger charge is -2.04. The van der Waals surface area contributed by atoms with Gasteiger partial charge in [0.2, 0.25) is 5.51 Å². The third-order valence-corrected chi connectivity index (χ3v) is 4.25. The van der Waals surface area contributed by atoms with Crippen LogP contribution < -0.4 is 10.3 Å². The van der Waals surface area contributed by atoms with E-state index in [1.807, 2.05) is 12.4 Å². The highest BCUT2D eigenvalue weighted by Crippen LogP contribution is 2.15. The van der Waals surface area contributed by atoms with Crippen molar-refractivity contribution in [1.29, 1.82) is 0 Å². The van der Waals surface area contributed by atoms with Gasteiger partial charge < -0.3 is 15.9 Å². The van der Waals surface area contributed by atoms with Crippen molar-refractivity contribution < 1.29 is 14.8 Å². The number of hydrogen-bond donors (Lipinski definition) is 3. The zero-order chi connectivity index (χ0) is 14.7. The van der Waals surface area contributed by atoms with Crippen LogP contribution in [-0.2, 0) is 13.0 Å². The fourth-order valence-electron chi connectivity index (χ4n) is 1.90. The minimum atomic E-state index is -0.714. The largest absolute Gasteiger partial charge is 0.394 e. The Morgan fingerprint density at radius 2 is 2.20 bits per heavy atom. The number of aliphatic hydroxyl groups excluding tert-OH is 2. The van der Waals surface area contributed by atoms with E-state index in [1.54, 1.807) is 24.5 Å². The predicted molar refractivity (Wildman–Crippen MR) is 76.3 cm³/mol. The van der Waals surface area contributed by atoms with E-state index in [0.29, 0.717) is 24.6 Å². The second kappa shape index (κ2) is 6.25. The van der Waals surface area contributed by atoms with Crippen LogP contribution in [0.15, 0.2) is 11.7 Å². The number of nitrogens with two attached hydrogens (primary N) is 1. The van der Waals surface area contributed by atoms with E-state index in [-0.39, 0.29) is 6.61 Å². The number of nitrogen functional groups attached to an aromatic ring is 1. The molecular weight excluding hydrogens is 276 g/mol. The topological polar surface area (TPSA) is 96.1 Å². The first-order chi connectivity index (χ1) is 9.51. The Balaban J connectivity index is 2.18. The molecule has 20 heavy (non-hydrogen) atoms. The number of thiazole rings is 1. The van der Waals surface area contributed by atoms with Crippen LogP contribution in [0.3, 0.4) is 0 Å². The monoisotopic (exact) mass is 295 g/mol. The summed E-state index contributed by atoms with van der Waals surface area (Å²) in [6.07, 6.45) is 1.48. The maximum absolute atomic E-state index is 9.52. The summed E-state index contributed by atoms with van der Waals surface area (Å²) in [5, 5.41) is 18.4. The lowest BCUT2D eigenvalue weighted by Crippen LogP contribution is -2.36. The Morgan fingerprint density at radius 1 is 1.45 bits per heavy atom. The molecule has 0 aromatic carbocycles. The average Bonchev–Trinajstić information content (AvgIpc) is 2.74. The zero-order valence-electron chi connectivity index (χ0n) is 11.6. The van der Waals surface area contributed by atoms with Gasteiger partial charge >= 0.3 is 0 Å². The van der Waals surface area contributed by atoms with Crippen molar-refractivity contribution in [2.75, 3.05) is 12.3 Å². The summed E-state index contributed by atoms with van der Waals surface area (Å²) in [5.41, 5.74) is 9.80. The smallest absolute Gasteiger partial charge is 0.225 e. The molecule has 0 radical (unpaired) electrons. The van der Waals surface area contributed by atoms with Crippen LogP contribution in [0.25, 0.3) is 0 Å². The highest BCUT2D eigenvalue weighted by atomic mass is 32.1. The van der Waals surface area contributed by atoms with Crippen molar-refractivity contribution in [3.05, 3.63) is 33.7 Å². The van der Waals surface area contributed by atoms with Crippen LogP contribution >= 0.6 is 11.3 Å². The van der Waals surface area contributed by atoms with Gasteiger partial charge in [-0.2, -0.15) is 4.57 Å². The zero-order valence-corrected chi connectivity index (χ0v) is 12.4. The van der Waals surface area contributed by atoms with E-state index < -0.39 is 6.10 Å².